The smallest absolute Gasteiger partial charge is 0.293 e. The molecule has 4 nitrogen and oxygen atoms in total. The van der Waals surface area contributed by atoms with Crippen LogP contribution in [0.5, 0.6) is 0 Å². The number of carbonyl (C=O) groups excluding carboxylic acids is 2. The number of imide groups is 1. The number of carbonyl (C=O) groups is 2. The molecule has 2 aromatic rings. The highest BCUT2D eigenvalue weighted by Gasteiger charge is 2.16. The molecule has 4 heteroatoms. The number of fused-ring (bicyclic) bond motifs is 1. The van der Waals surface area contributed by atoms with Crippen molar-refractivity contribution in [3.8, 4) is 0 Å². The van der Waals surface area contributed by atoms with Gasteiger partial charge in [-0.2, -0.15) is 0 Å². The lowest BCUT2D eigenvalue weighted by Crippen LogP contribution is -2.33. The van der Waals surface area contributed by atoms with E-state index in [1.54, 1.807) is 26.0 Å². The Labute approximate surface area is 98.6 Å². The van der Waals surface area contributed by atoms with Crippen LogP contribution in [-0.4, -0.2) is 11.8 Å². The molecule has 0 aliphatic carbocycles. The molecule has 0 unspecified atom stereocenters. The predicted octanol–water partition coefficient (Wildman–Crippen LogP) is 2.35. The number of rotatable bonds is 2. The first-order valence-corrected chi connectivity index (χ1v) is 5.41. The van der Waals surface area contributed by atoms with Gasteiger partial charge in [0.05, 0.1) is 0 Å². The number of hydrogen-bond acceptors (Lipinski definition) is 3. The topological polar surface area (TPSA) is 59.3 Å². The van der Waals surface area contributed by atoms with E-state index in [1.807, 2.05) is 18.2 Å². The van der Waals surface area contributed by atoms with Crippen LogP contribution in [0.2, 0.25) is 0 Å². The summed E-state index contributed by atoms with van der Waals surface area (Å²) in [6, 6.07) is 8.93. The lowest BCUT2D eigenvalue weighted by molar-refractivity contribution is -0.123. The molecule has 0 aliphatic heterocycles. The Hall–Kier alpha value is -2.10. The van der Waals surface area contributed by atoms with Crippen molar-refractivity contribution in [2.75, 3.05) is 0 Å². The molecule has 88 valence electrons. The highest BCUT2D eigenvalue weighted by molar-refractivity contribution is 6.05. The molecule has 0 spiro atoms. The zero-order valence-corrected chi connectivity index (χ0v) is 9.69. The molecule has 17 heavy (non-hydrogen) atoms. The minimum Gasteiger partial charge on any atom is -0.451 e. The molecule has 0 bridgehead atoms. The fraction of sp³-hybridized carbons (Fsp3) is 0.231. The maximum absolute atomic E-state index is 11.7. The number of para-hydroxylation sites is 1. The van der Waals surface area contributed by atoms with Gasteiger partial charge in [0.25, 0.3) is 5.91 Å². The molecule has 0 saturated heterocycles. The van der Waals surface area contributed by atoms with Crippen LogP contribution in [0, 0.1) is 5.92 Å². The average Bonchev–Trinajstić information content (AvgIpc) is 2.72. The third-order valence-corrected chi connectivity index (χ3v) is 2.41. The number of hydrogen-bond donors (Lipinski definition) is 1. The summed E-state index contributed by atoms with van der Waals surface area (Å²) in [6.07, 6.45) is 0. The van der Waals surface area contributed by atoms with E-state index in [2.05, 4.69) is 5.32 Å². The van der Waals surface area contributed by atoms with E-state index < -0.39 is 5.91 Å². The second kappa shape index (κ2) is 4.41. The SMILES string of the molecule is CC(C)C(=O)NC(=O)c1cc2ccccc2o1. The van der Waals surface area contributed by atoms with E-state index >= 15 is 0 Å². The maximum atomic E-state index is 11.7. The van der Waals surface area contributed by atoms with Crippen molar-refractivity contribution in [3.05, 3.63) is 36.1 Å². The van der Waals surface area contributed by atoms with Crippen LogP contribution in [0.25, 0.3) is 11.0 Å². The van der Waals surface area contributed by atoms with E-state index in [0.717, 1.165) is 5.39 Å². The summed E-state index contributed by atoms with van der Waals surface area (Å²) in [4.78, 5) is 23.1. The Morgan fingerprint density at radius 1 is 1.24 bits per heavy atom. The van der Waals surface area contributed by atoms with Crippen molar-refractivity contribution in [1.82, 2.24) is 5.32 Å². The van der Waals surface area contributed by atoms with Crippen molar-refractivity contribution in [2.45, 2.75) is 13.8 Å². The first kappa shape index (κ1) is 11.4. The van der Waals surface area contributed by atoms with Gasteiger partial charge in [-0.15, -0.1) is 0 Å². The van der Waals surface area contributed by atoms with Gasteiger partial charge in [-0.3, -0.25) is 14.9 Å². The quantitative estimate of drug-likeness (QED) is 0.863. The van der Waals surface area contributed by atoms with Gasteiger partial charge in [0, 0.05) is 11.3 Å². The number of furan rings is 1. The lowest BCUT2D eigenvalue weighted by Gasteiger charge is -2.03. The van der Waals surface area contributed by atoms with Crippen LogP contribution >= 0.6 is 0 Å². The fourth-order valence-corrected chi connectivity index (χ4v) is 1.41. The van der Waals surface area contributed by atoms with Crippen LogP contribution in [0.15, 0.2) is 34.7 Å². The molecule has 0 radical (unpaired) electrons. The zero-order valence-electron chi connectivity index (χ0n) is 9.69. The number of benzene rings is 1. The van der Waals surface area contributed by atoms with Crippen molar-refractivity contribution in [3.63, 3.8) is 0 Å². The Morgan fingerprint density at radius 3 is 2.59 bits per heavy atom. The van der Waals surface area contributed by atoms with Crippen molar-refractivity contribution in [1.29, 1.82) is 0 Å². The largest absolute Gasteiger partial charge is 0.451 e. The van der Waals surface area contributed by atoms with Crippen LogP contribution < -0.4 is 5.32 Å². The Bertz CT molecular complexity index is 536. The zero-order chi connectivity index (χ0) is 12.4. The molecule has 1 aromatic heterocycles. The molecule has 1 heterocycles. The van der Waals surface area contributed by atoms with Gasteiger partial charge in [0.15, 0.2) is 5.76 Å². The van der Waals surface area contributed by atoms with Crippen LogP contribution in [0.4, 0.5) is 0 Å². The van der Waals surface area contributed by atoms with E-state index in [4.69, 9.17) is 4.42 Å². The van der Waals surface area contributed by atoms with Crippen LogP contribution in [-0.2, 0) is 4.79 Å². The fourth-order valence-electron chi connectivity index (χ4n) is 1.41. The molecule has 1 aromatic carbocycles. The molecule has 0 saturated carbocycles. The molecule has 0 atom stereocenters. The van der Waals surface area contributed by atoms with E-state index in [1.165, 1.54) is 0 Å². The molecule has 0 aliphatic rings. The Morgan fingerprint density at radius 2 is 1.94 bits per heavy atom. The van der Waals surface area contributed by atoms with Crippen molar-refractivity contribution < 1.29 is 14.0 Å². The lowest BCUT2D eigenvalue weighted by atomic mass is 10.2. The first-order chi connectivity index (χ1) is 8.08. The molecule has 2 rings (SSSR count). The minimum atomic E-state index is -0.500. The summed E-state index contributed by atoms with van der Waals surface area (Å²) < 4.78 is 5.35. The van der Waals surface area contributed by atoms with E-state index in [-0.39, 0.29) is 17.6 Å². The summed E-state index contributed by atoms with van der Waals surface area (Å²) in [6.45, 7) is 3.45. The number of nitrogens with one attached hydrogen (secondary N) is 1. The monoisotopic (exact) mass is 231 g/mol. The molecule has 0 fully saturated rings. The predicted molar refractivity (Wildman–Crippen MR) is 63.5 cm³/mol. The van der Waals surface area contributed by atoms with Gasteiger partial charge >= 0.3 is 0 Å². The van der Waals surface area contributed by atoms with Crippen LogP contribution in [0.3, 0.4) is 0 Å². The second-order valence-electron chi connectivity index (χ2n) is 4.12. The van der Waals surface area contributed by atoms with Gasteiger partial charge in [0.1, 0.15) is 5.58 Å². The van der Waals surface area contributed by atoms with Gasteiger partial charge in [-0.1, -0.05) is 32.0 Å². The van der Waals surface area contributed by atoms with Gasteiger partial charge < -0.3 is 4.42 Å². The highest BCUT2D eigenvalue weighted by atomic mass is 16.3. The van der Waals surface area contributed by atoms with E-state index in [9.17, 15) is 9.59 Å². The van der Waals surface area contributed by atoms with Crippen LogP contribution in [0.1, 0.15) is 24.4 Å². The molecule has 2 amide bonds. The third-order valence-electron chi connectivity index (χ3n) is 2.41. The van der Waals surface area contributed by atoms with Gasteiger partial charge in [-0.25, -0.2) is 0 Å². The molecular weight excluding hydrogens is 218 g/mol. The van der Waals surface area contributed by atoms with Crippen molar-refractivity contribution >= 4 is 22.8 Å². The summed E-state index contributed by atoms with van der Waals surface area (Å²) in [7, 11) is 0. The number of amides is 2. The maximum Gasteiger partial charge on any atom is 0.293 e. The Kier molecular flexibility index (Phi) is 2.95. The summed E-state index contributed by atoms with van der Waals surface area (Å²) in [5.41, 5.74) is 0.634. The molecular formula is C13H13NO3. The van der Waals surface area contributed by atoms with Gasteiger partial charge in [0.2, 0.25) is 5.91 Å². The summed E-state index contributed by atoms with van der Waals surface area (Å²) in [5, 5.41) is 3.13. The first-order valence-electron chi connectivity index (χ1n) is 5.41. The third kappa shape index (κ3) is 2.36. The summed E-state index contributed by atoms with van der Waals surface area (Å²) in [5.74, 6) is -0.890. The Balaban J connectivity index is 2.22. The highest BCUT2D eigenvalue weighted by Crippen LogP contribution is 2.18. The summed E-state index contributed by atoms with van der Waals surface area (Å²) >= 11 is 0. The normalized spacial score (nSPS) is 10.8. The van der Waals surface area contributed by atoms with Crippen molar-refractivity contribution in [2.24, 2.45) is 5.92 Å². The van der Waals surface area contributed by atoms with E-state index in [0.29, 0.717) is 5.58 Å². The van der Waals surface area contributed by atoms with Gasteiger partial charge in [-0.05, 0) is 12.1 Å². The molecule has 1 N–H and O–H groups in total. The second-order valence-corrected chi connectivity index (χ2v) is 4.12. The standard InChI is InChI=1S/C13H13NO3/c1-8(2)12(15)14-13(16)11-7-9-5-3-4-6-10(9)17-11/h3-8H,1-2H3,(H,14,15,16). The minimum absolute atomic E-state index is 0.153. The average molecular weight is 231 g/mol.